The highest BCUT2D eigenvalue weighted by Crippen LogP contribution is 2.27. The monoisotopic (exact) mass is 585 g/mol. The molecule has 0 aliphatic rings. The maximum absolute atomic E-state index is 13.6. The lowest BCUT2D eigenvalue weighted by Gasteiger charge is -2.24. The first kappa shape index (κ1) is 29.9. The van der Waals surface area contributed by atoms with Crippen LogP contribution in [-0.2, 0) is 4.79 Å². The first-order chi connectivity index (χ1) is 21.6. The number of rotatable bonds is 12. The van der Waals surface area contributed by atoms with E-state index in [-0.39, 0.29) is 11.9 Å². The number of urea groups is 1. The molecule has 0 aliphatic carbocycles. The number of carbonyl (C=O) groups excluding carboxylic acids is 2. The molecule has 2 N–H and O–H groups in total. The van der Waals surface area contributed by atoms with Crippen LogP contribution in [-0.4, -0.2) is 32.1 Å². The summed E-state index contributed by atoms with van der Waals surface area (Å²) in [6.07, 6.45) is 0.538. The van der Waals surface area contributed by atoms with Crippen molar-refractivity contribution in [3.63, 3.8) is 0 Å². The Morgan fingerprint density at radius 3 is 1.86 bits per heavy atom. The van der Waals surface area contributed by atoms with Gasteiger partial charge in [0.15, 0.2) is 0 Å². The predicted octanol–water partition coefficient (Wildman–Crippen LogP) is 7.86. The highest BCUT2D eigenvalue weighted by molar-refractivity contribution is 6.01. The van der Waals surface area contributed by atoms with Gasteiger partial charge in [0.1, 0.15) is 17.2 Å². The number of nitrogens with zero attached hydrogens (tertiary/aromatic N) is 1. The summed E-state index contributed by atoms with van der Waals surface area (Å²) < 4.78 is 11.2. The van der Waals surface area contributed by atoms with Gasteiger partial charge < -0.3 is 20.1 Å². The molecule has 3 amide bonds. The van der Waals surface area contributed by atoms with E-state index in [2.05, 4.69) is 10.6 Å². The van der Waals surface area contributed by atoms with Crippen molar-refractivity contribution < 1.29 is 19.1 Å². The predicted molar refractivity (Wildman–Crippen MR) is 175 cm³/mol. The van der Waals surface area contributed by atoms with E-state index in [0.29, 0.717) is 42.4 Å². The Balaban J connectivity index is 1.28. The standard InChI is InChI=1S/C37H35N3O4/c1-43-34-20-11-17-30(27-34)39-37(42)40(31-21-23-33(24-22-31)44-32-18-9-4-10-19-32)26-12-25-38-36(41)35(28-13-5-2-6-14-28)29-15-7-3-8-16-29/h2-11,13-24,27,35H,12,25-26H2,1H3,(H,38,41)(H,39,42). The van der Waals surface area contributed by atoms with E-state index in [9.17, 15) is 9.59 Å². The van der Waals surface area contributed by atoms with Gasteiger partial charge in [0.25, 0.3) is 0 Å². The van der Waals surface area contributed by atoms with Crippen molar-refractivity contribution >= 4 is 23.3 Å². The second-order valence-electron chi connectivity index (χ2n) is 10.1. The highest BCUT2D eigenvalue weighted by atomic mass is 16.5. The van der Waals surface area contributed by atoms with E-state index >= 15 is 0 Å². The fourth-order valence-corrected chi connectivity index (χ4v) is 4.90. The number of nitrogens with one attached hydrogen (secondary N) is 2. The molecular weight excluding hydrogens is 550 g/mol. The minimum Gasteiger partial charge on any atom is -0.497 e. The van der Waals surface area contributed by atoms with Gasteiger partial charge in [-0.2, -0.15) is 0 Å². The highest BCUT2D eigenvalue weighted by Gasteiger charge is 2.22. The number of para-hydroxylation sites is 1. The number of hydrogen-bond acceptors (Lipinski definition) is 4. The third-order valence-corrected chi connectivity index (χ3v) is 7.08. The molecule has 0 bridgehead atoms. The summed E-state index contributed by atoms with van der Waals surface area (Å²) in [5.41, 5.74) is 3.16. The minimum atomic E-state index is -0.429. The summed E-state index contributed by atoms with van der Waals surface area (Å²) in [6.45, 7) is 0.767. The minimum absolute atomic E-state index is 0.0859. The number of ether oxygens (including phenoxy) is 2. The van der Waals surface area contributed by atoms with Crippen molar-refractivity contribution in [2.45, 2.75) is 12.3 Å². The van der Waals surface area contributed by atoms with Crippen LogP contribution >= 0.6 is 0 Å². The van der Waals surface area contributed by atoms with E-state index < -0.39 is 5.92 Å². The number of carbonyl (C=O) groups is 2. The van der Waals surface area contributed by atoms with Gasteiger partial charge in [0, 0.05) is 30.5 Å². The Morgan fingerprint density at radius 1 is 0.682 bits per heavy atom. The lowest BCUT2D eigenvalue weighted by Crippen LogP contribution is -2.38. The Kier molecular flexibility index (Phi) is 10.2. The average molecular weight is 586 g/mol. The van der Waals surface area contributed by atoms with Crippen LogP contribution < -0.4 is 25.0 Å². The van der Waals surface area contributed by atoms with E-state index in [1.165, 1.54) is 0 Å². The fraction of sp³-hybridized carbons (Fsp3) is 0.135. The second kappa shape index (κ2) is 15.1. The topological polar surface area (TPSA) is 79.9 Å². The van der Waals surface area contributed by atoms with Crippen LogP contribution in [0, 0.1) is 0 Å². The number of anilines is 2. The van der Waals surface area contributed by atoms with Crippen molar-refractivity contribution in [3.8, 4) is 17.2 Å². The molecule has 0 radical (unpaired) electrons. The number of methoxy groups -OCH3 is 1. The smallest absolute Gasteiger partial charge is 0.326 e. The van der Waals surface area contributed by atoms with Crippen LogP contribution in [0.15, 0.2) is 140 Å². The molecule has 0 saturated carbocycles. The summed E-state index contributed by atoms with van der Waals surface area (Å²) in [4.78, 5) is 28.7. The molecule has 0 aromatic heterocycles. The first-order valence-corrected chi connectivity index (χ1v) is 14.5. The van der Waals surface area contributed by atoms with Crippen LogP contribution in [0.25, 0.3) is 0 Å². The van der Waals surface area contributed by atoms with Crippen molar-refractivity contribution in [2.24, 2.45) is 0 Å². The molecule has 222 valence electrons. The molecule has 5 aromatic carbocycles. The maximum Gasteiger partial charge on any atom is 0.326 e. The third-order valence-electron chi connectivity index (χ3n) is 7.08. The van der Waals surface area contributed by atoms with Crippen molar-refractivity contribution in [3.05, 3.63) is 151 Å². The van der Waals surface area contributed by atoms with Gasteiger partial charge in [-0.05, 0) is 66.1 Å². The van der Waals surface area contributed by atoms with Crippen LogP contribution in [0.4, 0.5) is 16.2 Å². The summed E-state index contributed by atoms with van der Waals surface area (Å²) in [7, 11) is 1.58. The lowest BCUT2D eigenvalue weighted by molar-refractivity contribution is -0.121. The lowest BCUT2D eigenvalue weighted by atomic mass is 9.90. The zero-order valence-corrected chi connectivity index (χ0v) is 24.6. The SMILES string of the molecule is COc1cccc(NC(=O)N(CCCNC(=O)C(c2ccccc2)c2ccccc2)c2ccc(Oc3ccccc3)cc2)c1. The van der Waals surface area contributed by atoms with Crippen LogP contribution in [0.3, 0.4) is 0 Å². The number of benzene rings is 5. The van der Waals surface area contributed by atoms with E-state index in [1.54, 1.807) is 18.1 Å². The van der Waals surface area contributed by atoms with Gasteiger partial charge in [0.05, 0.1) is 13.0 Å². The van der Waals surface area contributed by atoms with Crippen molar-refractivity contribution in [2.75, 3.05) is 30.4 Å². The molecule has 0 aliphatic heterocycles. The Labute approximate surface area is 258 Å². The van der Waals surface area contributed by atoms with Crippen molar-refractivity contribution in [1.82, 2.24) is 5.32 Å². The average Bonchev–Trinajstić information content (AvgIpc) is 3.07. The van der Waals surface area contributed by atoms with Crippen LogP contribution in [0.5, 0.6) is 17.2 Å². The van der Waals surface area contributed by atoms with E-state index in [4.69, 9.17) is 9.47 Å². The Hall–Kier alpha value is -5.56. The quantitative estimate of drug-likeness (QED) is 0.146. The zero-order chi connectivity index (χ0) is 30.6. The summed E-state index contributed by atoms with van der Waals surface area (Å²) in [5, 5.41) is 6.06. The van der Waals surface area contributed by atoms with Crippen LogP contribution in [0.2, 0.25) is 0 Å². The largest absolute Gasteiger partial charge is 0.497 e. The molecule has 5 aromatic rings. The molecule has 7 heteroatoms. The molecule has 0 saturated heterocycles. The molecule has 0 atom stereocenters. The molecule has 7 nitrogen and oxygen atoms in total. The van der Waals surface area contributed by atoms with Gasteiger partial charge in [-0.1, -0.05) is 84.9 Å². The normalized spacial score (nSPS) is 10.6. The molecule has 5 rings (SSSR count). The molecule has 0 fully saturated rings. The second-order valence-corrected chi connectivity index (χ2v) is 10.1. The number of hydrogen-bond donors (Lipinski definition) is 2. The van der Waals surface area contributed by atoms with Gasteiger partial charge in [-0.3, -0.25) is 9.69 Å². The maximum atomic E-state index is 13.6. The van der Waals surface area contributed by atoms with Gasteiger partial charge >= 0.3 is 6.03 Å². The molecule has 44 heavy (non-hydrogen) atoms. The Morgan fingerprint density at radius 2 is 1.25 bits per heavy atom. The molecule has 0 unspecified atom stereocenters. The summed E-state index contributed by atoms with van der Waals surface area (Å²) in [6, 6.07) is 43.3. The van der Waals surface area contributed by atoms with E-state index in [1.807, 2.05) is 133 Å². The summed E-state index contributed by atoms with van der Waals surface area (Å²) in [5.74, 6) is 1.52. The number of amides is 3. The zero-order valence-electron chi connectivity index (χ0n) is 24.6. The van der Waals surface area contributed by atoms with Crippen molar-refractivity contribution in [1.29, 1.82) is 0 Å². The van der Waals surface area contributed by atoms with Crippen LogP contribution in [0.1, 0.15) is 23.5 Å². The third kappa shape index (κ3) is 8.04. The fourth-order valence-electron chi connectivity index (χ4n) is 4.90. The molecule has 0 spiro atoms. The van der Waals surface area contributed by atoms with Gasteiger partial charge in [0.2, 0.25) is 5.91 Å². The van der Waals surface area contributed by atoms with Gasteiger partial charge in [-0.15, -0.1) is 0 Å². The molecular formula is C37H35N3O4. The first-order valence-electron chi connectivity index (χ1n) is 14.5. The Bertz CT molecular complexity index is 1590. The molecule has 0 heterocycles. The summed E-state index contributed by atoms with van der Waals surface area (Å²) >= 11 is 0. The van der Waals surface area contributed by atoms with E-state index in [0.717, 1.165) is 16.9 Å². The van der Waals surface area contributed by atoms with Gasteiger partial charge in [-0.25, -0.2) is 4.79 Å².